The lowest BCUT2D eigenvalue weighted by molar-refractivity contribution is -0.173. The van der Waals surface area contributed by atoms with E-state index < -0.39 is 30.6 Å². The molecule has 6 nitrogen and oxygen atoms in total. The highest BCUT2D eigenvalue weighted by Gasteiger charge is 2.49. The van der Waals surface area contributed by atoms with Crippen LogP contribution >= 0.6 is 0 Å². The van der Waals surface area contributed by atoms with Crippen LogP contribution in [0.15, 0.2) is 104 Å². The Morgan fingerprint density at radius 1 is 0.811 bits per heavy atom. The van der Waals surface area contributed by atoms with E-state index in [4.69, 9.17) is 23.7 Å². The molecule has 4 rings (SSSR count). The number of esters is 1. The van der Waals surface area contributed by atoms with E-state index in [1.54, 1.807) is 24.3 Å². The van der Waals surface area contributed by atoms with Gasteiger partial charge in [0.1, 0.15) is 12.2 Å². The summed E-state index contributed by atoms with van der Waals surface area (Å²) in [6.45, 7) is 5.24. The maximum absolute atomic E-state index is 13.0. The molecule has 194 valence electrons. The maximum atomic E-state index is 13.0. The molecular weight excluding hydrogens is 468 g/mol. The molecule has 0 bridgehead atoms. The number of carbonyl (C=O) groups excluding carboxylic acids is 1. The highest BCUT2D eigenvalue weighted by atomic mass is 16.7. The van der Waals surface area contributed by atoms with E-state index in [9.17, 15) is 4.79 Å². The molecule has 0 unspecified atom stereocenters. The van der Waals surface area contributed by atoms with Crippen molar-refractivity contribution in [1.82, 2.24) is 0 Å². The van der Waals surface area contributed by atoms with Gasteiger partial charge in [-0.2, -0.15) is 0 Å². The lowest BCUT2D eigenvalue weighted by atomic mass is 10.1. The fourth-order valence-corrected chi connectivity index (χ4v) is 4.11. The SMILES string of the molecule is C=CCCCO[C@@H]1O[C@H](COCc2ccccc2)[C@@H](OCc2ccccc2)[C@H]1OC(=O)c1ccccc1. The Balaban J connectivity index is 1.49. The third kappa shape index (κ3) is 8.10. The average Bonchev–Trinajstić information content (AvgIpc) is 3.27. The first-order valence-corrected chi connectivity index (χ1v) is 12.7. The molecule has 1 aliphatic rings. The number of ether oxygens (including phenoxy) is 5. The first-order chi connectivity index (χ1) is 18.2. The molecular formula is C31H34O6. The molecule has 1 saturated heterocycles. The number of allylic oxidation sites excluding steroid dienone is 1. The van der Waals surface area contributed by atoms with E-state index in [0.29, 0.717) is 25.4 Å². The molecule has 37 heavy (non-hydrogen) atoms. The predicted octanol–water partition coefficient (Wildman–Crippen LogP) is 5.72. The molecule has 0 amide bonds. The van der Waals surface area contributed by atoms with Crippen LogP contribution in [-0.4, -0.2) is 43.8 Å². The summed E-state index contributed by atoms with van der Waals surface area (Å²) in [6, 6.07) is 28.7. The number of hydrogen-bond acceptors (Lipinski definition) is 6. The first kappa shape index (κ1) is 26.8. The van der Waals surface area contributed by atoms with E-state index in [0.717, 1.165) is 24.0 Å². The Hall–Kier alpha value is -3.29. The van der Waals surface area contributed by atoms with Crippen LogP contribution in [0.2, 0.25) is 0 Å². The molecule has 0 aliphatic carbocycles. The lowest BCUT2D eigenvalue weighted by Crippen LogP contribution is -2.41. The van der Waals surface area contributed by atoms with Crippen LogP contribution in [0.5, 0.6) is 0 Å². The highest BCUT2D eigenvalue weighted by Crippen LogP contribution is 2.30. The van der Waals surface area contributed by atoms with E-state index >= 15 is 0 Å². The summed E-state index contributed by atoms with van der Waals surface area (Å²) in [5.41, 5.74) is 2.53. The molecule has 3 aromatic rings. The fraction of sp³-hybridized carbons (Fsp3) is 0.323. The van der Waals surface area contributed by atoms with Gasteiger partial charge in [-0.1, -0.05) is 84.9 Å². The molecule has 0 N–H and O–H groups in total. The van der Waals surface area contributed by atoms with Gasteiger partial charge in [0.25, 0.3) is 0 Å². The van der Waals surface area contributed by atoms with Gasteiger partial charge in [0.2, 0.25) is 0 Å². The molecule has 1 fully saturated rings. The second kappa shape index (κ2) is 14.4. The molecule has 0 spiro atoms. The van der Waals surface area contributed by atoms with Crippen LogP contribution in [0.25, 0.3) is 0 Å². The summed E-state index contributed by atoms with van der Waals surface area (Å²) in [5.74, 6) is -0.451. The van der Waals surface area contributed by atoms with Crippen molar-refractivity contribution in [2.24, 2.45) is 0 Å². The van der Waals surface area contributed by atoms with Crippen molar-refractivity contribution in [1.29, 1.82) is 0 Å². The van der Waals surface area contributed by atoms with Gasteiger partial charge < -0.3 is 23.7 Å². The van der Waals surface area contributed by atoms with Gasteiger partial charge in [-0.05, 0) is 36.1 Å². The molecule has 1 aliphatic heterocycles. The average molecular weight is 503 g/mol. The summed E-state index contributed by atoms with van der Waals surface area (Å²) in [4.78, 5) is 13.0. The van der Waals surface area contributed by atoms with Crippen LogP contribution in [0.1, 0.15) is 34.3 Å². The smallest absolute Gasteiger partial charge is 0.338 e. The van der Waals surface area contributed by atoms with Crippen LogP contribution in [0, 0.1) is 0 Å². The highest BCUT2D eigenvalue weighted by molar-refractivity contribution is 5.89. The van der Waals surface area contributed by atoms with Gasteiger partial charge >= 0.3 is 5.97 Å². The molecule has 0 saturated carbocycles. The van der Waals surface area contributed by atoms with E-state index in [1.165, 1.54) is 0 Å². The zero-order valence-corrected chi connectivity index (χ0v) is 20.9. The normalized spacial score (nSPS) is 21.0. The van der Waals surface area contributed by atoms with E-state index in [1.807, 2.05) is 72.8 Å². The topological polar surface area (TPSA) is 63.2 Å². The molecule has 1 heterocycles. The Labute approximate surface area is 218 Å². The Morgan fingerprint density at radius 3 is 2.08 bits per heavy atom. The molecule has 6 heteroatoms. The van der Waals surface area contributed by atoms with Gasteiger partial charge in [-0.15, -0.1) is 6.58 Å². The summed E-state index contributed by atoms with van der Waals surface area (Å²) in [6.07, 6.45) is 0.858. The van der Waals surface area contributed by atoms with Gasteiger partial charge in [0.05, 0.1) is 32.0 Å². The van der Waals surface area contributed by atoms with Crippen molar-refractivity contribution in [2.75, 3.05) is 13.2 Å². The second-order valence-corrected chi connectivity index (χ2v) is 8.84. The molecule has 0 aromatic heterocycles. The van der Waals surface area contributed by atoms with E-state index in [2.05, 4.69) is 6.58 Å². The first-order valence-electron chi connectivity index (χ1n) is 12.7. The summed E-state index contributed by atoms with van der Waals surface area (Å²) in [7, 11) is 0. The maximum Gasteiger partial charge on any atom is 0.338 e. The standard InChI is InChI=1S/C31H34O6/c1-2-3-13-20-34-31-29(37-30(32)26-18-11-6-12-19-26)28(35-22-25-16-9-5-10-17-25)27(36-31)23-33-21-24-14-7-4-8-15-24/h2,4-12,14-19,27-29,31H,1,3,13,20-23H2/t27-,28-,29-,31-/m1/s1. The van der Waals surface area contributed by atoms with Crippen molar-refractivity contribution in [3.8, 4) is 0 Å². The monoisotopic (exact) mass is 502 g/mol. The van der Waals surface area contributed by atoms with Crippen LogP contribution in [-0.2, 0) is 36.9 Å². The second-order valence-electron chi connectivity index (χ2n) is 8.84. The van der Waals surface area contributed by atoms with Crippen molar-refractivity contribution >= 4 is 5.97 Å². The van der Waals surface area contributed by atoms with Gasteiger partial charge in [0.15, 0.2) is 12.4 Å². The van der Waals surface area contributed by atoms with Crippen molar-refractivity contribution < 1.29 is 28.5 Å². The largest absolute Gasteiger partial charge is 0.450 e. The number of rotatable bonds is 14. The van der Waals surface area contributed by atoms with Crippen LogP contribution in [0.3, 0.4) is 0 Å². The van der Waals surface area contributed by atoms with Crippen LogP contribution in [0.4, 0.5) is 0 Å². The predicted molar refractivity (Wildman–Crippen MR) is 141 cm³/mol. The Morgan fingerprint density at radius 2 is 1.43 bits per heavy atom. The summed E-state index contributed by atoms with van der Waals surface area (Å²) < 4.78 is 30.6. The van der Waals surface area contributed by atoms with E-state index in [-0.39, 0.29) is 6.61 Å². The summed E-state index contributed by atoms with van der Waals surface area (Å²) >= 11 is 0. The Kier molecular flexibility index (Phi) is 10.5. The molecule has 0 radical (unpaired) electrons. The quantitative estimate of drug-likeness (QED) is 0.160. The minimum atomic E-state index is -0.774. The minimum Gasteiger partial charge on any atom is -0.450 e. The van der Waals surface area contributed by atoms with Gasteiger partial charge in [-0.3, -0.25) is 0 Å². The Bertz CT molecular complexity index is 1070. The number of carbonyl (C=O) groups is 1. The number of benzene rings is 3. The molecule has 3 aromatic carbocycles. The van der Waals surface area contributed by atoms with Gasteiger partial charge in [0, 0.05) is 0 Å². The summed E-state index contributed by atoms with van der Waals surface area (Å²) in [5, 5.41) is 0. The fourth-order valence-electron chi connectivity index (χ4n) is 4.11. The van der Waals surface area contributed by atoms with Crippen molar-refractivity contribution in [2.45, 2.75) is 50.7 Å². The van der Waals surface area contributed by atoms with Crippen LogP contribution < -0.4 is 0 Å². The third-order valence-electron chi connectivity index (χ3n) is 6.03. The third-order valence-corrected chi connectivity index (χ3v) is 6.03. The minimum absolute atomic E-state index is 0.264. The number of unbranched alkanes of at least 4 members (excludes halogenated alkanes) is 1. The lowest BCUT2D eigenvalue weighted by Gasteiger charge is -2.24. The zero-order chi connectivity index (χ0) is 25.7. The number of hydrogen-bond donors (Lipinski definition) is 0. The van der Waals surface area contributed by atoms with Crippen molar-refractivity contribution in [3.05, 3.63) is 120 Å². The van der Waals surface area contributed by atoms with Crippen molar-refractivity contribution in [3.63, 3.8) is 0 Å². The molecule has 4 atom stereocenters. The van der Waals surface area contributed by atoms with Gasteiger partial charge in [-0.25, -0.2) is 4.79 Å². The zero-order valence-electron chi connectivity index (χ0n) is 20.9.